The van der Waals surface area contributed by atoms with Crippen LogP contribution in [0, 0.1) is 0 Å². The van der Waals surface area contributed by atoms with Crippen molar-refractivity contribution in [2.24, 2.45) is 7.05 Å². The lowest BCUT2D eigenvalue weighted by molar-refractivity contribution is 0.309. The third-order valence-corrected chi connectivity index (χ3v) is 4.06. The molecule has 1 atom stereocenters. The molecule has 0 aromatic carbocycles. The predicted octanol–water partition coefficient (Wildman–Crippen LogP) is 1.19. The van der Waals surface area contributed by atoms with Crippen molar-refractivity contribution in [1.29, 1.82) is 0 Å². The second-order valence-electron chi connectivity index (χ2n) is 5.15. The molecule has 0 N–H and O–H groups in total. The largest absolute Gasteiger partial charge is 0.302 e. The lowest BCUT2D eigenvalue weighted by Gasteiger charge is -2.15. The Balaban J connectivity index is 1.69. The Morgan fingerprint density at radius 3 is 3.05 bits per heavy atom. The minimum Gasteiger partial charge on any atom is -0.302 e. The molecule has 1 aliphatic heterocycles. The summed E-state index contributed by atoms with van der Waals surface area (Å²) in [6.07, 6.45) is 8.06. The van der Waals surface area contributed by atoms with Gasteiger partial charge in [0, 0.05) is 44.6 Å². The van der Waals surface area contributed by atoms with Crippen molar-refractivity contribution in [3.05, 3.63) is 45.3 Å². The average molecular weight is 338 g/mol. The SMILES string of the molecule is Cn1cncc(CN2CCC(n3cc(Br)cn3)C2)c1=O. The molecule has 1 aliphatic rings. The third-order valence-electron chi connectivity index (χ3n) is 3.65. The molecule has 106 valence electrons. The summed E-state index contributed by atoms with van der Waals surface area (Å²) in [5.74, 6) is 0. The molecule has 0 saturated carbocycles. The highest BCUT2D eigenvalue weighted by Crippen LogP contribution is 2.23. The van der Waals surface area contributed by atoms with E-state index in [1.807, 2.05) is 10.9 Å². The van der Waals surface area contributed by atoms with E-state index in [1.54, 1.807) is 25.8 Å². The average Bonchev–Trinajstić information content (AvgIpc) is 3.04. The fourth-order valence-electron chi connectivity index (χ4n) is 2.59. The Hall–Kier alpha value is -1.47. The second-order valence-corrected chi connectivity index (χ2v) is 6.07. The van der Waals surface area contributed by atoms with Gasteiger partial charge in [0.05, 0.1) is 23.0 Å². The standard InChI is InChI=1S/C13H16BrN5O/c1-17-9-15-4-10(13(17)20)6-18-3-2-12(8-18)19-7-11(14)5-16-19/h4-5,7,9,12H,2-3,6,8H2,1H3. The molecule has 20 heavy (non-hydrogen) atoms. The number of aromatic nitrogens is 4. The first kappa shape index (κ1) is 13.5. The van der Waals surface area contributed by atoms with Gasteiger partial charge in [0.2, 0.25) is 0 Å². The Labute approximate surface area is 125 Å². The molecular formula is C13H16BrN5O. The van der Waals surface area contributed by atoms with Crippen molar-refractivity contribution in [2.75, 3.05) is 13.1 Å². The molecule has 3 rings (SSSR count). The summed E-state index contributed by atoms with van der Waals surface area (Å²) >= 11 is 3.42. The quantitative estimate of drug-likeness (QED) is 0.844. The van der Waals surface area contributed by atoms with Crippen LogP contribution in [0.15, 0.2) is 34.2 Å². The molecule has 0 radical (unpaired) electrons. The van der Waals surface area contributed by atoms with Crippen LogP contribution in [0.3, 0.4) is 0 Å². The van der Waals surface area contributed by atoms with Crippen LogP contribution in [0.4, 0.5) is 0 Å². The van der Waals surface area contributed by atoms with Crippen LogP contribution < -0.4 is 5.56 Å². The topological polar surface area (TPSA) is 56.0 Å². The summed E-state index contributed by atoms with van der Waals surface area (Å²) in [5, 5.41) is 4.34. The number of halogens is 1. The van der Waals surface area contributed by atoms with E-state index in [-0.39, 0.29) is 5.56 Å². The molecule has 3 heterocycles. The Kier molecular flexibility index (Phi) is 3.71. The number of nitrogens with zero attached hydrogens (tertiary/aromatic N) is 5. The molecule has 1 fully saturated rings. The van der Waals surface area contributed by atoms with Gasteiger partial charge in [0.1, 0.15) is 0 Å². The highest BCUT2D eigenvalue weighted by molar-refractivity contribution is 9.10. The van der Waals surface area contributed by atoms with Crippen molar-refractivity contribution in [3.8, 4) is 0 Å². The van der Waals surface area contributed by atoms with Crippen molar-refractivity contribution in [3.63, 3.8) is 0 Å². The number of rotatable bonds is 3. The highest BCUT2D eigenvalue weighted by Gasteiger charge is 2.25. The maximum absolute atomic E-state index is 12.0. The van der Waals surface area contributed by atoms with Crippen LogP contribution in [0.5, 0.6) is 0 Å². The first-order chi connectivity index (χ1) is 9.63. The molecule has 0 amide bonds. The van der Waals surface area contributed by atoms with Gasteiger partial charge in [0.25, 0.3) is 5.56 Å². The first-order valence-electron chi connectivity index (χ1n) is 6.55. The van der Waals surface area contributed by atoms with Crippen LogP contribution in [0.1, 0.15) is 18.0 Å². The number of hydrogen-bond acceptors (Lipinski definition) is 4. The first-order valence-corrected chi connectivity index (χ1v) is 7.34. The van der Waals surface area contributed by atoms with E-state index in [9.17, 15) is 4.79 Å². The summed E-state index contributed by atoms with van der Waals surface area (Å²) < 4.78 is 4.51. The Bertz CT molecular complexity index is 665. The van der Waals surface area contributed by atoms with Crippen LogP contribution in [-0.2, 0) is 13.6 Å². The maximum atomic E-state index is 12.0. The van der Waals surface area contributed by atoms with E-state index < -0.39 is 0 Å². The van der Waals surface area contributed by atoms with Gasteiger partial charge in [-0.1, -0.05) is 0 Å². The van der Waals surface area contributed by atoms with E-state index in [2.05, 4.69) is 30.9 Å². The van der Waals surface area contributed by atoms with Crippen molar-refractivity contribution < 1.29 is 0 Å². The molecule has 7 heteroatoms. The highest BCUT2D eigenvalue weighted by atomic mass is 79.9. The number of hydrogen-bond donors (Lipinski definition) is 0. The fourth-order valence-corrected chi connectivity index (χ4v) is 2.89. The summed E-state index contributed by atoms with van der Waals surface area (Å²) in [5.41, 5.74) is 0.780. The van der Waals surface area contributed by atoms with Crippen molar-refractivity contribution >= 4 is 15.9 Å². The van der Waals surface area contributed by atoms with Gasteiger partial charge >= 0.3 is 0 Å². The smallest absolute Gasteiger partial charge is 0.257 e. The molecule has 0 spiro atoms. The Morgan fingerprint density at radius 2 is 2.30 bits per heavy atom. The van der Waals surface area contributed by atoms with Gasteiger partial charge in [-0.15, -0.1) is 0 Å². The molecule has 1 unspecified atom stereocenters. The Morgan fingerprint density at radius 1 is 1.45 bits per heavy atom. The summed E-state index contributed by atoms with van der Waals surface area (Å²) in [7, 11) is 1.73. The van der Waals surface area contributed by atoms with E-state index in [0.29, 0.717) is 12.6 Å². The van der Waals surface area contributed by atoms with Crippen molar-refractivity contribution in [2.45, 2.75) is 19.0 Å². The molecule has 0 aliphatic carbocycles. The van der Waals surface area contributed by atoms with Crippen LogP contribution in [-0.4, -0.2) is 37.3 Å². The van der Waals surface area contributed by atoms with E-state index in [4.69, 9.17) is 0 Å². The zero-order chi connectivity index (χ0) is 14.1. The second kappa shape index (κ2) is 5.49. The van der Waals surface area contributed by atoms with E-state index >= 15 is 0 Å². The molecule has 2 aromatic rings. The van der Waals surface area contributed by atoms with Gasteiger partial charge in [-0.2, -0.15) is 5.10 Å². The minimum atomic E-state index is 0.0327. The molecular weight excluding hydrogens is 322 g/mol. The lowest BCUT2D eigenvalue weighted by atomic mass is 10.3. The lowest BCUT2D eigenvalue weighted by Crippen LogP contribution is -2.28. The minimum absolute atomic E-state index is 0.0327. The van der Waals surface area contributed by atoms with Crippen LogP contribution >= 0.6 is 15.9 Å². The maximum Gasteiger partial charge on any atom is 0.257 e. The molecule has 2 aromatic heterocycles. The zero-order valence-corrected chi connectivity index (χ0v) is 12.8. The van der Waals surface area contributed by atoms with Crippen LogP contribution in [0.2, 0.25) is 0 Å². The van der Waals surface area contributed by atoms with Crippen molar-refractivity contribution in [1.82, 2.24) is 24.2 Å². The molecule has 0 bridgehead atoms. The van der Waals surface area contributed by atoms with Gasteiger partial charge in [-0.25, -0.2) is 4.98 Å². The summed E-state index contributed by atoms with van der Waals surface area (Å²) in [4.78, 5) is 18.3. The van der Waals surface area contributed by atoms with Gasteiger partial charge < -0.3 is 4.57 Å². The monoisotopic (exact) mass is 337 g/mol. The number of aryl methyl sites for hydroxylation is 1. The summed E-state index contributed by atoms with van der Waals surface area (Å²) in [6.45, 7) is 2.53. The van der Waals surface area contributed by atoms with E-state index in [1.165, 1.54) is 4.57 Å². The molecule has 6 nitrogen and oxygen atoms in total. The fraction of sp³-hybridized carbons (Fsp3) is 0.462. The van der Waals surface area contributed by atoms with Gasteiger partial charge in [0.15, 0.2) is 0 Å². The van der Waals surface area contributed by atoms with Crippen LogP contribution in [0.25, 0.3) is 0 Å². The number of likely N-dealkylation sites (tertiary alicyclic amines) is 1. The summed E-state index contributed by atoms with van der Waals surface area (Å²) in [6, 6.07) is 0.377. The zero-order valence-electron chi connectivity index (χ0n) is 11.2. The third kappa shape index (κ3) is 2.69. The normalized spacial score (nSPS) is 19.6. The predicted molar refractivity (Wildman–Crippen MR) is 78.3 cm³/mol. The van der Waals surface area contributed by atoms with Gasteiger partial charge in [-0.3, -0.25) is 14.4 Å². The molecule has 1 saturated heterocycles. The van der Waals surface area contributed by atoms with E-state index in [0.717, 1.165) is 29.5 Å². The van der Waals surface area contributed by atoms with Gasteiger partial charge in [-0.05, 0) is 22.4 Å².